The minimum atomic E-state index is -0.358. The van der Waals surface area contributed by atoms with Gasteiger partial charge in [0.25, 0.3) is 11.1 Å². The number of aromatic nitrogens is 1. The normalized spacial score (nSPS) is 13.0. The van der Waals surface area contributed by atoms with Crippen LogP contribution < -0.4 is 20.6 Å². The summed E-state index contributed by atoms with van der Waals surface area (Å²) >= 11 is 0. The van der Waals surface area contributed by atoms with Crippen LogP contribution in [0.4, 0.5) is 0 Å². The zero-order valence-corrected chi connectivity index (χ0v) is 14.3. The lowest BCUT2D eigenvalue weighted by Gasteiger charge is -2.18. The van der Waals surface area contributed by atoms with Crippen molar-refractivity contribution in [3.05, 3.63) is 87.4 Å². The second kappa shape index (κ2) is 5.99. The molecule has 0 bridgehead atoms. The summed E-state index contributed by atoms with van der Waals surface area (Å²) in [5, 5.41) is 2.49. The molecule has 5 rings (SSSR count). The summed E-state index contributed by atoms with van der Waals surface area (Å²) in [6.45, 7) is 0.915. The zero-order chi connectivity index (χ0) is 18.4. The fourth-order valence-corrected chi connectivity index (χ4v) is 3.55. The Balaban J connectivity index is 1.96. The third kappa shape index (κ3) is 2.39. The lowest BCUT2D eigenvalue weighted by molar-refractivity contribution is 0.171. The van der Waals surface area contributed by atoms with Gasteiger partial charge in [0, 0.05) is 16.8 Å². The molecule has 1 aromatic heterocycles. The zero-order valence-electron chi connectivity index (χ0n) is 14.3. The Kier molecular flexibility index (Phi) is 3.47. The maximum Gasteiger partial charge on any atom is 0.265 e. The molecule has 0 fully saturated rings. The average Bonchev–Trinajstić information content (AvgIpc) is 2.82. The highest BCUT2D eigenvalue weighted by Gasteiger charge is 2.16. The van der Waals surface area contributed by atoms with Crippen LogP contribution in [0.3, 0.4) is 0 Å². The Hall–Kier alpha value is -3.60. The van der Waals surface area contributed by atoms with Crippen LogP contribution in [0.15, 0.2) is 76.3 Å². The summed E-state index contributed by atoms with van der Waals surface area (Å²) in [6, 6.07) is 19.7. The Morgan fingerprint density at radius 3 is 1.74 bits per heavy atom. The molecule has 0 radical (unpaired) electrons. The Morgan fingerprint density at radius 2 is 1.15 bits per heavy atom. The molecule has 0 saturated carbocycles. The molecule has 132 valence electrons. The van der Waals surface area contributed by atoms with Gasteiger partial charge in [-0.2, -0.15) is 0 Å². The third-order valence-electron chi connectivity index (χ3n) is 4.80. The summed E-state index contributed by atoms with van der Waals surface area (Å²) in [6.07, 6.45) is 0. The first-order valence-corrected chi connectivity index (χ1v) is 8.71. The molecule has 0 amide bonds. The molecule has 0 saturated heterocycles. The maximum absolute atomic E-state index is 13.3. The highest BCUT2D eigenvalue weighted by molar-refractivity contribution is 6.05. The van der Waals surface area contributed by atoms with Crippen molar-refractivity contribution in [2.75, 3.05) is 13.2 Å². The van der Waals surface area contributed by atoms with Crippen LogP contribution in [-0.2, 0) is 0 Å². The fourth-order valence-electron chi connectivity index (χ4n) is 3.55. The van der Waals surface area contributed by atoms with E-state index in [1.807, 2.05) is 24.3 Å². The van der Waals surface area contributed by atoms with Gasteiger partial charge in [0.05, 0.1) is 5.69 Å². The average molecular weight is 357 g/mol. The molecule has 3 aromatic carbocycles. The lowest BCUT2D eigenvalue weighted by Crippen LogP contribution is -2.28. The van der Waals surface area contributed by atoms with E-state index in [0.29, 0.717) is 41.2 Å². The largest absolute Gasteiger partial charge is 0.486 e. The summed E-state index contributed by atoms with van der Waals surface area (Å²) in [5.41, 5.74) is -0.257. The first kappa shape index (κ1) is 15.6. The lowest BCUT2D eigenvalue weighted by atomic mass is 10.1. The highest BCUT2D eigenvalue weighted by Crippen LogP contribution is 2.31. The van der Waals surface area contributed by atoms with Gasteiger partial charge < -0.3 is 9.47 Å². The second-order valence-electron chi connectivity index (χ2n) is 6.36. The second-order valence-corrected chi connectivity index (χ2v) is 6.36. The first-order valence-electron chi connectivity index (χ1n) is 8.71. The van der Waals surface area contributed by atoms with E-state index in [1.165, 1.54) is 4.57 Å². The van der Waals surface area contributed by atoms with Gasteiger partial charge in [-0.1, -0.05) is 36.4 Å². The van der Waals surface area contributed by atoms with Crippen LogP contribution in [-0.4, -0.2) is 17.8 Å². The fraction of sp³-hybridized carbons (Fsp3) is 0.0909. The summed E-state index contributed by atoms with van der Waals surface area (Å²) in [5.74, 6) is 1.14. The van der Waals surface area contributed by atoms with Gasteiger partial charge in [-0.3, -0.25) is 9.59 Å². The van der Waals surface area contributed by atoms with Gasteiger partial charge in [0.15, 0.2) is 11.5 Å². The van der Waals surface area contributed by atoms with Crippen molar-refractivity contribution >= 4 is 21.5 Å². The number of hydrogen-bond acceptors (Lipinski definition) is 4. The highest BCUT2D eigenvalue weighted by atomic mass is 16.6. The van der Waals surface area contributed by atoms with Crippen molar-refractivity contribution in [2.24, 2.45) is 0 Å². The van der Waals surface area contributed by atoms with E-state index in [9.17, 15) is 9.59 Å². The van der Waals surface area contributed by atoms with Crippen LogP contribution in [0.1, 0.15) is 0 Å². The summed E-state index contributed by atoms with van der Waals surface area (Å²) in [4.78, 5) is 26.6. The smallest absolute Gasteiger partial charge is 0.265 e. The van der Waals surface area contributed by atoms with E-state index in [2.05, 4.69) is 0 Å². The minimum absolute atomic E-state index is 0.358. The predicted octanol–water partition coefficient (Wildman–Crippen LogP) is 3.28. The number of ether oxygens (including phenoxy) is 2. The van der Waals surface area contributed by atoms with Crippen molar-refractivity contribution in [2.45, 2.75) is 0 Å². The van der Waals surface area contributed by atoms with Crippen LogP contribution in [0.25, 0.3) is 27.2 Å². The van der Waals surface area contributed by atoms with Crippen LogP contribution in [0, 0.1) is 0 Å². The van der Waals surface area contributed by atoms with Crippen molar-refractivity contribution in [3.8, 4) is 17.2 Å². The van der Waals surface area contributed by atoms with Gasteiger partial charge in [0.1, 0.15) is 13.2 Å². The molecule has 5 heteroatoms. The monoisotopic (exact) mass is 357 g/mol. The molecule has 4 aromatic rings. The topological polar surface area (TPSA) is 57.5 Å². The van der Waals surface area contributed by atoms with Crippen molar-refractivity contribution in [3.63, 3.8) is 0 Å². The predicted molar refractivity (Wildman–Crippen MR) is 104 cm³/mol. The Bertz CT molecular complexity index is 1250. The molecule has 0 unspecified atom stereocenters. The van der Waals surface area contributed by atoms with E-state index >= 15 is 0 Å². The molecule has 1 aliphatic heterocycles. The van der Waals surface area contributed by atoms with Gasteiger partial charge in [-0.25, -0.2) is 4.57 Å². The molecule has 1 aliphatic rings. The van der Waals surface area contributed by atoms with Gasteiger partial charge in [-0.15, -0.1) is 0 Å². The van der Waals surface area contributed by atoms with Crippen molar-refractivity contribution in [1.29, 1.82) is 0 Å². The summed E-state index contributed by atoms with van der Waals surface area (Å²) < 4.78 is 12.4. The van der Waals surface area contributed by atoms with E-state index in [4.69, 9.17) is 9.47 Å². The maximum atomic E-state index is 13.3. The first-order chi connectivity index (χ1) is 13.2. The van der Waals surface area contributed by atoms with Gasteiger partial charge in [0.2, 0.25) is 0 Å². The van der Waals surface area contributed by atoms with Crippen molar-refractivity contribution < 1.29 is 9.47 Å². The van der Waals surface area contributed by atoms with E-state index in [1.54, 1.807) is 42.5 Å². The minimum Gasteiger partial charge on any atom is -0.486 e. The molecule has 5 nitrogen and oxygen atoms in total. The molecule has 27 heavy (non-hydrogen) atoms. The summed E-state index contributed by atoms with van der Waals surface area (Å²) in [7, 11) is 0. The Labute approximate surface area is 154 Å². The van der Waals surface area contributed by atoms with Crippen LogP contribution in [0.2, 0.25) is 0 Å². The Morgan fingerprint density at radius 1 is 0.630 bits per heavy atom. The SMILES string of the molecule is O=c1c2ccccc2c2ccccc2c(=O)n1-c1ccc2c(c1)OCCO2. The van der Waals surface area contributed by atoms with E-state index in [0.717, 1.165) is 10.8 Å². The quantitative estimate of drug-likeness (QED) is 0.525. The third-order valence-corrected chi connectivity index (χ3v) is 4.80. The number of hydrogen-bond donors (Lipinski definition) is 0. The molecular formula is C22H15NO4. The van der Waals surface area contributed by atoms with Crippen LogP contribution >= 0.6 is 0 Å². The number of nitrogens with zero attached hydrogens (tertiary/aromatic N) is 1. The van der Waals surface area contributed by atoms with Crippen molar-refractivity contribution in [1.82, 2.24) is 4.57 Å². The molecule has 0 N–H and O–H groups in total. The number of fused-ring (bicyclic) bond motifs is 4. The molecule has 0 atom stereocenters. The molecule has 2 heterocycles. The van der Waals surface area contributed by atoms with E-state index < -0.39 is 0 Å². The molecule has 0 spiro atoms. The van der Waals surface area contributed by atoms with Gasteiger partial charge >= 0.3 is 0 Å². The standard InChI is InChI=1S/C22H15NO4/c24-21-17-7-3-1-5-15(17)16-6-2-4-8-18(16)22(25)23(21)14-9-10-19-20(13-14)27-12-11-26-19/h1-10,13H,11-12H2. The van der Waals surface area contributed by atoms with E-state index in [-0.39, 0.29) is 11.1 Å². The number of benzene rings is 3. The number of rotatable bonds is 1. The molecule has 0 aliphatic carbocycles. The van der Waals surface area contributed by atoms with Gasteiger partial charge in [-0.05, 0) is 35.0 Å². The van der Waals surface area contributed by atoms with Crippen LogP contribution in [0.5, 0.6) is 11.5 Å². The molecular weight excluding hydrogens is 342 g/mol.